The van der Waals surface area contributed by atoms with Crippen molar-refractivity contribution in [3.05, 3.63) is 94.1 Å². The molecular formula is C25H22ClN3OS. The van der Waals surface area contributed by atoms with Gasteiger partial charge in [0.1, 0.15) is 5.03 Å². The van der Waals surface area contributed by atoms with E-state index in [0.29, 0.717) is 11.4 Å². The van der Waals surface area contributed by atoms with Gasteiger partial charge in [0.25, 0.3) is 0 Å². The first kappa shape index (κ1) is 21.3. The first-order valence-electron chi connectivity index (χ1n) is 9.98. The lowest BCUT2D eigenvalue weighted by atomic mass is 10.1. The molecule has 4 aromatic rings. The number of carbonyl (C=O) groups excluding carboxylic acids is 1. The lowest BCUT2D eigenvalue weighted by Gasteiger charge is -2.12. The maximum Gasteiger partial charge on any atom is 0.234 e. The van der Waals surface area contributed by atoms with Gasteiger partial charge in [0, 0.05) is 17.1 Å². The van der Waals surface area contributed by atoms with E-state index in [-0.39, 0.29) is 11.7 Å². The molecule has 0 unspecified atom stereocenters. The lowest BCUT2D eigenvalue weighted by Crippen LogP contribution is -2.15. The topological polar surface area (TPSA) is 54.9 Å². The SMILES string of the molecule is Cc1cccc(NC(=O)CSc2nc3ccccc3nc2Cc2ccc(Cl)cc2)c1C. The second kappa shape index (κ2) is 9.50. The minimum absolute atomic E-state index is 0.0638. The lowest BCUT2D eigenvalue weighted by molar-refractivity contribution is -0.113. The van der Waals surface area contributed by atoms with E-state index in [2.05, 4.69) is 5.32 Å². The highest BCUT2D eigenvalue weighted by Gasteiger charge is 2.13. The highest BCUT2D eigenvalue weighted by molar-refractivity contribution is 8.00. The fourth-order valence-corrected chi connectivity index (χ4v) is 4.17. The maximum atomic E-state index is 12.6. The monoisotopic (exact) mass is 447 g/mol. The third kappa shape index (κ3) is 5.24. The number of amides is 1. The predicted octanol–water partition coefficient (Wildman–Crippen LogP) is 6.22. The molecule has 0 saturated heterocycles. The van der Waals surface area contributed by atoms with Gasteiger partial charge < -0.3 is 5.32 Å². The molecule has 0 aliphatic heterocycles. The molecule has 1 amide bonds. The van der Waals surface area contributed by atoms with E-state index < -0.39 is 0 Å². The van der Waals surface area contributed by atoms with E-state index in [4.69, 9.17) is 21.6 Å². The number of carbonyl (C=O) groups is 1. The standard InChI is InChI=1S/C25H22ClN3OS/c1-16-6-5-9-20(17(16)2)28-24(30)15-31-25-23(14-18-10-12-19(26)13-11-18)27-21-7-3-4-8-22(21)29-25/h3-13H,14-15H2,1-2H3,(H,28,30). The van der Waals surface area contributed by atoms with Gasteiger partial charge in [0.2, 0.25) is 5.91 Å². The van der Waals surface area contributed by atoms with Crippen LogP contribution in [0.15, 0.2) is 71.8 Å². The molecule has 0 spiro atoms. The van der Waals surface area contributed by atoms with Crippen LogP contribution in [0.5, 0.6) is 0 Å². The highest BCUT2D eigenvalue weighted by atomic mass is 35.5. The van der Waals surface area contributed by atoms with Crippen molar-refractivity contribution in [2.45, 2.75) is 25.3 Å². The third-order valence-electron chi connectivity index (χ3n) is 5.11. The molecule has 31 heavy (non-hydrogen) atoms. The zero-order chi connectivity index (χ0) is 21.8. The third-order valence-corrected chi connectivity index (χ3v) is 6.37. The van der Waals surface area contributed by atoms with Crippen LogP contribution < -0.4 is 5.32 Å². The summed E-state index contributed by atoms with van der Waals surface area (Å²) < 4.78 is 0. The van der Waals surface area contributed by atoms with Gasteiger partial charge >= 0.3 is 0 Å². The Hall–Kier alpha value is -2.89. The molecule has 1 N–H and O–H groups in total. The molecule has 156 valence electrons. The number of nitrogens with zero attached hydrogens (tertiary/aromatic N) is 2. The Bertz CT molecular complexity index is 1240. The molecule has 0 aliphatic carbocycles. The van der Waals surface area contributed by atoms with Gasteiger partial charge in [-0.05, 0) is 60.9 Å². The zero-order valence-corrected chi connectivity index (χ0v) is 18.9. The number of fused-ring (bicyclic) bond motifs is 1. The Balaban J connectivity index is 1.55. The number of anilines is 1. The number of rotatable bonds is 6. The number of benzene rings is 3. The Morgan fingerprint density at radius 2 is 1.65 bits per heavy atom. The van der Waals surface area contributed by atoms with Crippen molar-refractivity contribution in [2.75, 3.05) is 11.1 Å². The summed E-state index contributed by atoms with van der Waals surface area (Å²) in [6.45, 7) is 4.05. The molecule has 0 aliphatic rings. The molecule has 1 aromatic heterocycles. The number of hydrogen-bond donors (Lipinski definition) is 1. The molecule has 0 saturated carbocycles. The second-order valence-electron chi connectivity index (χ2n) is 7.35. The van der Waals surface area contributed by atoms with Crippen molar-refractivity contribution < 1.29 is 4.79 Å². The van der Waals surface area contributed by atoms with Crippen molar-refractivity contribution in [2.24, 2.45) is 0 Å². The highest BCUT2D eigenvalue weighted by Crippen LogP contribution is 2.26. The Labute approximate surface area is 191 Å². The van der Waals surface area contributed by atoms with E-state index in [1.165, 1.54) is 11.8 Å². The number of aryl methyl sites for hydroxylation is 1. The summed E-state index contributed by atoms with van der Waals surface area (Å²) in [5.41, 5.74) is 6.68. The van der Waals surface area contributed by atoms with Crippen LogP contribution in [-0.4, -0.2) is 21.6 Å². The van der Waals surface area contributed by atoms with Gasteiger partial charge in [-0.1, -0.05) is 59.8 Å². The molecule has 4 nitrogen and oxygen atoms in total. The number of aromatic nitrogens is 2. The van der Waals surface area contributed by atoms with Crippen LogP contribution in [0.4, 0.5) is 5.69 Å². The molecule has 0 bridgehead atoms. The zero-order valence-electron chi connectivity index (χ0n) is 17.4. The molecule has 0 radical (unpaired) electrons. The molecule has 0 fully saturated rings. The minimum atomic E-state index is -0.0638. The smallest absolute Gasteiger partial charge is 0.234 e. The maximum absolute atomic E-state index is 12.6. The molecular weight excluding hydrogens is 426 g/mol. The van der Waals surface area contributed by atoms with E-state index in [9.17, 15) is 4.79 Å². The predicted molar refractivity (Wildman–Crippen MR) is 129 cm³/mol. The van der Waals surface area contributed by atoms with E-state index in [1.54, 1.807) is 0 Å². The summed E-state index contributed by atoms with van der Waals surface area (Å²) in [4.78, 5) is 22.3. The van der Waals surface area contributed by atoms with Gasteiger partial charge in [0.05, 0.1) is 22.5 Å². The summed E-state index contributed by atoms with van der Waals surface area (Å²) in [7, 11) is 0. The van der Waals surface area contributed by atoms with Crippen molar-refractivity contribution in [1.82, 2.24) is 9.97 Å². The Morgan fingerprint density at radius 1 is 0.935 bits per heavy atom. The van der Waals surface area contributed by atoms with Gasteiger partial charge in [-0.3, -0.25) is 4.79 Å². The van der Waals surface area contributed by atoms with Crippen molar-refractivity contribution >= 4 is 46.0 Å². The summed E-state index contributed by atoms with van der Waals surface area (Å²) in [6, 6.07) is 21.4. The molecule has 3 aromatic carbocycles. The van der Waals surface area contributed by atoms with Crippen LogP contribution in [0, 0.1) is 13.8 Å². The van der Waals surface area contributed by atoms with E-state index in [1.807, 2.05) is 80.6 Å². The normalized spacial score (nSPS) is 10.9. The van der Waals surface area contributed by atoms with Crippen molar-refractivity contribution in [3.8, 4) is 0 Å². The van der Waals surface area contributed by atoms with Crippen molar-refractivity contribution in [1.29, 1.82) is 0 Å². The van der Waals surface area contributed by atoms with E-state index >= 15 is 0 Å². The fraction of sp³-hybridized carbons (Fsp3) is 0.160. The summed E-state index contributed by atoms with van der Waals surface area (Å²) in [5.74, 6) is 0.194. The summed E-state index contributed by atoms with van der Waals surface area (Å²) in [5, 5.41) is 4.48. The molecule has 1 heterocycles. The van der Waals surface area contributed by atoms with Crippen LogP contribution in [0.25, 0.3) is 11.0 Å². The number of halogens is 1. The fourth-order valence-electron chi connectivity index (χ4n) is 3.25. The molecule has 6 heteroatoms. The largest absolute Gasteiger partial charge is 0.325 e. The van der Waals surface area contributed by atoms with Gasteiger partial charge in [-0.15, -0.1) is 0 Å². The molecule has 0 atom stereocenters. The number of hydrogen-bond acceptors (Lipinski definition) is 4. The van der Waals surface area contributed by atoms with Gasteiger partial charge in [-0.25, -0.2) is 9.97 Å². The summed E-state index contributed by atoms with van der Waals surface area (Å²) in [6.07, 6.45) is 0.621. The average molecular weight is 448 g/mol. The van der Waals surface area contributed by atoms with Gasteiger partial charge in [-0.2, -0.15) is 0 Å². The number of para-hydroxylation sites is 2. The first-order chi connectivity index (χ1) is 15.0. The van der Waals surface area contributed by atoms with Gasteiger partial charge in [0.15, 0.2) is 0 Å². The molecule has 4 rings (SSSR count). The van der Waals surface area contributed by atoms with Crippen LogP contribution in [0.3, 0.4) is 0 Å². The average Bonchev–Trinajstić information content (AvgIpc) is 2.77. The number of thioether (sulfide) groups is 1. The first-order valence-corrected chi connectivity index (χ1v) is 11.3. The summed E-state index contributed by atoms with van der Waals surface area (Å²) >= 11 is 7.43. The van der Waals surface area contributed by atoms with Crippen molar-refractivity contribution in [3.63, 3.8) is 0 Å². The second-order valence-corrected chi connectivity index (χ2v) is 8.75. The van der Waals surface area contributed by atoms with Crippen LogP contribution in [0.1, 0.15) is 22.4 Å². The van der Waals surface area contributed by atoms with Crippen LogP contribution >= 0.6 is 23.4 Å². The Morgan fingerprint density at radius 3 is 2.39 bits per heavy atom. The number of nitrogens with one attached hydrogen (secondary N) is 1. The quantitative estimate of drug-likeness (QED) is 0.356. The van der Waals surface area contributed by atoms with E-state index in [0.717, 1.165) is 44.1 Å². The van der Waals surface area contributed by atoms with Crippen LogP contribution in [0.2, 0.25) is 5.02 Å². The van der Waals surface area contributed by atoms with Crippen LogP contribution in [-0.2, 0) is 11.2 Å². The minimum Gasteiger partial charge on any atom is -0.325 e. The Kier molecular flexibility index (Phi) is 6.54.